The van der Waals surface area contributed by atoms with E-state index in [0.717, 1.165) is 21.7 Å². The molecule has 0 fully saturated rings. The minimum Gasteiger partial charge on any atom is -0.496 e. The van der Waals surface area contributed by atoms with Crippen LogP contribution in [0.15, 0.2) is 79.5 Å². The molecule has 0 aliphatic heterocycles. The number of para-hydroxylation sites is 1. The summed E-state index contributed by atoms with van der Waals surface area (Å²) in [4.78, 5) is 13.6. The first-order chi connectivity index (χ1) is 12.7. The Morgan fingerprint density at radius 3 is 2.54 bits per heavy atom. The van der Waals surface area contributed by atoms with E-state index in [9.17, 15) is 4.79 Å². The van der Waals surface area contributed by atoms with Gasteiger partial charge in [0.05, 0.1) is 12.7 Å². The maximum absolute atomic E-state index is 13.6. The number of methoxy groups -OCH3 is 1. The van der Waals surface area contributed by atoms with Crippen molar-refractivity contribution in [1.82, 2.24) is 4.57 Å². The Hall–Kier alpha value is -3.33. The predicted octanol–water partition coefficient (Wildman–Crippen LogP) is 5.22. The third-order valence-electron chi connectivity index (χ3n) is 4.70. The Labute approximate surface area is 152 Å². The molecule has 3 heteroatoms. The average molecular weight is 341 g/mol. The summed E-state index contributed by atoms with van der Waals surface area (Å²) in [7, 11) is 1.60. The van der Waals surface area contributed by atoms with Crippen molar-refractivity contribution in [1.29, 1.82) is 0 Å². The normalized spacial score (nSPS) is 11.0. The number of carbonyl (C=O) groups excluding carboxylic acids is 1. The molecule has 0 N–H and O–H groups in total. The molecule has 0 spiro atoms. The molecule has 0 bridgehead atoms. The molecule has 0 radical (unpaired) electrons. The molecule has 4 aromatic rings. The highest BCUT2D eigenvalue weighted by Gasteiger charge is 2.21. The van der Waals surface area contributed by atoms with Crippen LogP contribution in [-0.2, 0) is 6.54 Å². The second-order valence-corrected chi connectivity index (χ2v) is 6.19. The lowest BCUT2D eigenvalue weighted by atomic mass is 9.96. The molecular weight excluding hydrogens is 322 g/mol. The molecule has 1 aromatic heterocycles. The van der Waals surface area contributed by atoms with Gasteiger partial charge in [-0.1, -0.05) is 54.6 Å². The lowest BCUT2D eigenvalue weighted by molar-refractivity contribution is 0.103. The molecule has 0 aliphatic rings. The number of hydrogen-bond donors (Lipinski definition) is 0. The number of nitrogens with zero attached hydrogens (tertiary/aromatic N) is 1. The molecule has 0 atom stereocenters. The first-order valence-electron chi connectivity index (χ1n) is 8.54. The van der Waals surface area contributed by atoms with Crippen LogP contribution in [0.25, 0.3) is 21.7 Å². The molecule has 0 unspecified atom stereocenters. The van der Waals surface area contributed by atoms with Crippen LogP contribution in [0.4, 0.5) is 0 Å². The summed E-state index contributed by atoms with van der Waals surface area (Å²) in [6, 6.07) is 19.7. The fraction of sp³-hybridized carbons (Fsp3) is 0.0870. The number of allylic oxidation sites excluding steroid dienone is 1. The fourth-order valence-electron chi connectivity index (χ4n) is 3.51. The zero-order valence-corrected chi connectivity index (χ0v) is 14.6. The lowest BCUT2D eigenvalue weighted by Gasteiger charge is -2.11. The van der Waals surface area contributed by atoms with Crippen LogP contribution < -0.4 is 4.74 Å². The second-order valence-electron chi connectivity index (χ2n) is 6.19. The van der Waals surface area contributed by atoms with E-state index in [1.807, 2.05) is 77.5 Å². The van der Waals surface area contributed by atoms with Gasteiger partial charge in [-0.25, -0.2) is 0 Å². The van der Waals surface area contributed by atoms with Crippen LogP contribution in [0.3, 0.4) is 0 Å². The average Bonchev–Trinajstić information content (AvgIpc) is 3.05. The van der Waals surface area contributed by atoms with Gasteiger partial charge in [-0.3, -0.25) is 4.79 Å². The summed E-state index contributed by atoms with van der Waals surface area (Å²) >= 11 is 0. The third kappa shape index (κ3) is 2.49. The van der Waals surface area contributed by atoms with Gasteiger partial charge in [0, 0.05) is 29.2 Å². The molecule has 4 rings (SSSR count). The van der Waals surface area contributed by atoms with Crippen molar-refractivity contribution in [3.05, 3.63) is 90.6 Å². The summed E-state index contributed by atoms with van der Waals surface area (Å²) in [5, 5.41) is 2.86. The Kier molecular flexibility index (Phi) is 4.05. The van der Waals surface area contributed by atoms with E-state index in [2.05, 4.69) is 6.58 Å². The molecule has 26 heavy (non-hydrogen) atoms. The molecular formula is C23H19NO2. The van der Waals surface area contributed by atoms with Crippen molar-refractivity contribution in [2.45, 2.75) is 6.54 Å². The number of benzene rings is 3. The highest BCUT2D eigenvalue weighted by molar-refractivity contribution is 6.22. The van der Waals surface area contributed by atoms with Gasteiger partial charge in [0.15, 0.2) is 5.78 Å². The number of fused-ring (bicyclic) bond motifs is 2. The van der Waals surface area contributed by atoms with Gasteiger partial charge in [0.1, 0.15) is 5.75 Å². The zero-order valence-electron chi connectivity index (χ0n) is 14.6. The van der Waals surface area contributed by atoms with Crippen molar-refractivity contribution in [2.75, 3.05) is 7.11 Å². The summed E-state index contributed by atoms with van der Waals surface area (Å²) in [6.45, 7) is 4.47. The molecule has 3 aromatic carbocycles. The van der Waals surface area contributed by atoms with Crippen LogP contribution in [0.2, 0.25) is 0 Å². The van der Waals surface area contributed by atoms with Crippen LogP contribution in [-0.4, -0.2) is 17.5 Å². The van der Waals surface area contributed by atoms with Crippen LogP contribution in [0, 0.1) is 0 Å². The minimum atomic E-state index is -0.0299. The minimum absolute atomic E-state index is 0.0299. The van der Waals surface area contributed by atoms with Gasteiger partial charge < -0.3 is 9.30 Å². The second kappa shape index (κ2) is 6.52. The van der Waals surface area contributed by atoms with Crippen LogP contribution in [0.5, 0.6) is 5.75 Å². The number of hydrogen-bond acceptors (Lipinski definition) is 2. The summed E-state index contributed by atoms with van der Waals surface area (Å²) < 4.78 is 7.57. The van der Waals surface area contributed by atoms with E-state index in [0.29, 0.717) is 23.4 Å². The van der Waals surface area contributed by atoms with Crippen LogP contribution in [0.1, 0.15) is 15.9 Å². The smallest absolute Gasteiger partial charge is 0.199 e. The van der Waals surface area contributed by atoms with Crippen LogP contribution >= 0.6 is 0 Å². The largest absolute Gasteiger partial charge is 0.496 e. The van der Waals surface area contributed by atoms with Gasteiger partial charge in [0.2, 0.25) is 0 Å². The SMILES string of the molecule is C=CCn1cc(C(=O)c2c(OC)ccc3ccccc23)c2ccccc21. The topological polar surface area (TPSA) is 31.2 Å². The number of rotatable bonds is 5. The fourth-order valence-corrected chi connectivity index (χ4v) is 3.51. The number of ketones is 1. The van der Waals surface area contributed by atoms with E-state index in [-0.39, 0.29) is 5.78 Å². The standard InChI is InChI=1S/C23H19NO2/c1-3-14-24-15-19(18-10-6-7-11-20(18)24)23(25)22-17-9-5-4-8-16(17)12-13-21(22)26-2/h3-13,15H,1,14H2,2H3. The highest BCUT2D eigenvalue weighted by Crippen LogP contribution is 2.32. The van der Waals surface area contributed by atoms with Gasteiger partial charge in [-0.15, -0.1) is 6.58 Å². The van der Waals surface area contributed by atoms with Crippen molar-refractivity contribution in [2.24, 2.45) is 0 Å². The summed E-state index contributed by atoms with van der Waals surface area (Å²) in [5.74, 6) is 0.562. The maximum atomic E-state index is 13.6. The summed E-state index contributed by atoms with van der Waals surface area (Å²) in [6.07, 6.45) is 3.75. The number of carbonyl (C=O) groups is 1. The van der Waals surface area contributed by atoms with E-state index < -0.39 is 0 Å². The number of ether oxygens (including phenoxy) is 1. The third-order valence-corrected chi connectivity index (χ3v) is 4.70. The molecule has 3 nitrogen and oxygen atoms in total. The van der Waals surface area contributed by atoms with Gasteiger partial charge in [-0.2, -0.15) is 0 Å². The van der Waals surface area contributed by atoms with Gasteiger partial charge in [0.25, 0.3) is 0 Å². The van der Waals surface area contributed by atoms with E-state index in [4.69, 9.17) is 4.74 Å². The molecule has 128 valence electrons. The first kappa shape index (κ1) is 16.2. The highest BCUT2D eigenvalue weighted by atomic mass is 16.5. The Bertz CT molecular complexity index is 1140. The molecule has 0 amide bonds. The Morgan fingerprint density at radius 2 is 1.77 bits per heavy atom. The Balaban J connectivity index is 1.99. The van der Waals surface area contributed by atoms with E-state index in [1.54, 1.807) is 7.11 Å². The van der Waals surface area contributed by atoms with Crippen molar-refractivity contribution in [3.63, 3.8) is 0 Å². The predicted molar refractivity (Wildman–Crippen MR) is 106 cm³/mol. The Morgan fingerprint density at radius 1 is 1.04 bits per heavy atom. The van der Waals surface area contributed by atoms with Crippen molar-refractivity contribution in [3.8, 4) is 5.75 Å². The van der Waals surface area contributed by atoms with Crippen molar-refractivity contribution >= 4 is 27.5 Å². The first-order valence-corrected chi connectivity index (χ1v) is 8.54. The molecule has 0 saturated carbocycles. The van der Waals surface area contributed by atoms with E-state index >= 15 is 0 Å². The van der Waals surface area contributed by atoms with Gasteiger partial charge in [-0.05, 0) is 22.9 Å². The quantitative estimate of drug-likeness (QED) is 0.368. The van der Waals surface area contributed by atoms with Crippen molar-refractivity contribution < 1.29 is 9.53 Å². The summed E-state index contributed by atoms with van der Waals surface area (Å²) in [5.41, 5.74) is 2.30. The lowest BCUT2D eigenvalue weighted by Crippen LogP contribution is -2.05. The maximum Gasteiger partial charge on any atom is 0.199 e. The molecule has 1 heterocycles. The van der Waals surface area contributed by atoms with E-state index in [1.165, 1.54) is 0 Å². The van der Waals surface area contributed by atoms with Gasteiger partial charge >= 0.3 is 0 Å². The number of aromatic nitrogens is 1. The monoisotopic (exact) mass is 341 g/mol. The zero-order chi connectivity index (χ0) is 18.1. The molecule has 0 aliphatic carbocycles. The molecule has 0 saturated heterocycles.